The van der Waals surface area contributed by atoms with Crippen LogP contribution in [0.5, 0.6) is 0 Å². The maximum Gasteiger partial charge on any atom is 0.306 e. The normalized spacial score (nSPS) is 19.1. The number of amides is 2. The van der Waals surface area contributed by atoms with Crippen LogP contribution in [-0.4, -0.2) is 98.5 Å². The molecule has 1 heterocycles. The smallest absolute Gasteiger partial charge is 0.306 e. The molecule has 2 fully saturated rings. The van der Waals surface area contributed by atoms with E-state index in [1.54, 1.807) is 6.92 Å². The molecule has 0 spiro atoms. The number of rotatable bonds is 11. The topological polar surface area (TPSA) is 82.2 Å². The van der Waals surface area contributed by atoms with E-state index < -0.39 is 0 Å². The lowest BCUT2D eigenvalue weighted by Gasteiger charge is -2.40. The van der Waals surface area contributed by atoms with E-state index in [9.17, 15) is 14.4 Å². The molecule has 1 aliphatic carbocycles. The Hall–Kier alpha value is -1.67. The summed E-state index contributed by atoms with van der Waals surface area (Å²) >= 11 is 0. The van der Waals surface area contributed by atoms with Gasteiger partial charge >= 0.3 is 5.97 Å². The third-order valence-electron chi connectivity index (χ3n) is 6.10. The van der Waals surface area contributed by atoms with E-state index in [1.165, 1.54) is 12.8 Å². The van der Waals surface area contributed by atoms with Crippen LogP contribution in [0.4, 0.5) is 0 Å². The molecular formula is C22H40N4O4. The summed E-state index contributed by atoms with van der Waals surface area (Å²) in [7, 11) is 4.08. The van der Waals surface area contributed by atoms with Crippen LogP contribution in [0, 0.1) is 5.92 Å². The van der Waals surface area contributed by atoms with Crippen LogP contribution >= 0.6 is 0 Å². The van der Waals surface area contributed by atoms with Crippen LogP contribution in [0.15, 0.2) is 0 Å². The fourth-order valence-corrected chi connectivity index (χ4v) is 4.51. The van der Waals surface area contributed by atoms with Crippen molar-refractivity contribution < 1.29 is 19.1 Å². The summed E-state index contributed by atoms with van der Waals surface area (Å²) in [6.07, 6.45) is 5.87. The van der Waals surface area contributed by atoms with Crippen molar-refractivity contribution in [2.45, 2.75) is 57.9 Å². The fraction of sp³-hybridized carbons (Fsp3) is 0.864. The number of nitrogens with zero attached hydrogens (tertiary/aromatic N) is 3. The summed E-state index contributed by atoms with van der Waals surface area (Å²) in [5.74, 6) is 0.220. The van der Waals surface area contributed by atoms with Gasteiger partial charge in [0.25, 0.3) is 0 Å². The molecule has 1 aliphatic heterocycles. The molecule has 0 radical (unpaired) electrons. The van der Waals surface area contributed by atoms with Crippen molar-refractivity contribution in [1.82, 2.24) is 20.0 Å². The van der Waals surface area contributed by atoms with Crippen molar-refractivity contribution in [2.24, 2.45) is 5.92 Å². The molecule has 2 aliphatic rings. The zero-order valence-electron chi connectivity index (χ0n) is 19.0. The van der Waals surface area contributed by atoms with Crippen LogP contribution in [-0.2, 0) is 19.1 Å². The first kappa shape index (κ1) is 24.6. The van der Waals surface area contributed by atoms with Crippen LogP contribution in [0.25, 0.3) is 0 Å². The quantitative estimate of drug-likeness (QED) is 0.395. The van der Waals surface area contributed by atoms with E-state index in [4.69, 9.17) is 4.74 Å². The molecule has 0 aromatic carbocycles. The number of piperazine rings is 1. The Morgan fingerprint density at radius 1 is 1.07 bits per heavy atom. The van der Waals surface area contributed by atoms with E-state index in [2.05, 4.69) is 15.1 Å². The Labute approximate surface area is 181 Å². The molecule has 0 aromatic rings. The van der Waals surface area contributed by atoms with E-state index in [0.717, 1.165) is 25.8 Å². The van der Waals surface area contributed by atoms with Gasteiger partial charge < -0.3 is 19.9 Å². The minimum Gasteiger partial charge on any atom is -0.466 e. The minimum atomic E-state index is -0.322. The van der Waals surface area contributed by atoms with Crippen molar-refractivity contribution in [1.29, 1.82) is 0 Å². The van der Waals surface area contributed by atoms with E-state index in [1.807, 2.05) is 19.0 Å². The first-order valence-corrected chi connectivity index (χ1v) is 11.5. The van der Waals surface area contributed by atoms with Crippen molar-refractivity contribution >= 4 is 17.8 Å². The largest absolute Gasteiger partial charge is 0.466 e. The predicted molar refractivity (Wildman–Crippen MR) is 116 cm³/mol. The van der Waals surface area contributed by atoms with Gasteiger partial charge in [0, 0.05) is 39.1 Å². The maximum absolute atomic E-state index is 13.0. The predicted octanol–water partition coefficient (Wildman–Crippen LogP) is 1.10. The van der Waals surface area contributed by atoms with Gasteiger partial charge in [0.05, 0.1) is 19.1 Å². The lowest BCUT2D eigenvalue weighted by atomic mass is 9.95. The Bertz CT molecular complexity index is 555. The highest BCUT2D eigenvalue weighted by Crippen LogP contribution is 2.31. The molecule has 0 aromatic heterocycles. The second-order valence-electron chi connectivity index (χ2n) is 8.66. The number of ether oxygens (including phenoxy) is 1. The highest BCUT2D eigenvalue weighted by atomic mass is 16.5. The molecule has 1 N–H and O–H groups in total. The second-order valence-corrected chi connectivity index (χ2v) is 8.66. The summed E-state index contributed by atoms with van der Waals surface area (Å²) in [5.41, 5.74) is 0. The lowest BCUT2D eigenvalue weighted by Crippen LogP contribution is -2.58. The Morgan fingerprint density at radius 3 is 2.33 bits per heavy atom. The van der Waals surface area contributed by atoms with Crippen molar-refractivity contribution in [3.05, 3.63) is 0 Å². The van der Waals surface area contributed by atoms with Gasteiger partial charge in [0.1, 0.15) is 0 Å². The number of hydrogen-bond acceptors (Lipinski definition) is 6. The van der Waals surface area contributed by atoms with Gasteiger partial charge in [-0.25, -0.2) is 0 Å². The van der Waals surface area contributed by atoms with Gasteiger partial charge in [-0.1, -0.05) is 12.8 Å². The number of hydrogen-bond donors (Lipinski definition) is 1. The third-order valence-corrected chi connectivity index (χ3v) is 6.10. The zero-order valence-corrected chi connectivity index (χ0v) is 19.0. The van der Waals surface area contributed by atoms with E-state index in [-0.39, 0.29) is 36.7 Å². The van der Waals surface area contributed by atoms with Crippen molar-refractivity contribution in [3.63, 3.8) is 0 Å². The van der Waals surface area contributed by atoms with E-state index in [0.29, 0.717) is 45.2 Å². The number of nitrogens with one attached hydrogen (secondary N) is 1. The Kier molecular flexibility index (Phi) is 10.6. The molecule has 2 amide bonds. The van der Waals surface area contributed by atoms with Crippen molar-refractivity contribution in [2.75, 3.05) is 60.0 Å². The summed E-state index contributed by atoms with van der Waals surface area (Å²) in [4.78, 5) is 43.2. The maximum atomic E-state index is 13.0. The molecule has 30 heavy (non-hydrogen) atoms. The third kappa shape index (κ3) is 7.87. The zero-order chi connectivity index (χ0) is 21.9. The molecular weight excluding hydrogens is 384 g/mol. The Balaban J connectivity index is 1.84. The highest BCUT2D eigenvalue weighted by molar-refractivity contribution is 5.83. The van der Waals surface area contributed by atoms with Crippen LogP contribution < -0.4 is 5.32 Å². The molecule has 8 nitrogen and oxygen atoms in total. The van der Waals surface area contributed by atoms with Gasteiger partial charge in [-0.2, -0.15) is 0 Å². The van der Waals surface area contributed by atoms with Gasteiger partial charge in [-0.3, -0.25) is 19.3 Å². The van der Waals surface area contributed by atoms with Gasteiger partial charge in [-0.05, 0) is 52.7 Å². The van der Waals surface area contributed by atoms with Gasteiger partial charge in [0.2, 0.25) is 11.8 Å². The average Bonchev–Trinajstić information content (AvgIpc) is 3.24. The molecule has 1 atom stereocenters. The first-order chi connectivity index (χ1) is 14.4. The fourth-order valence-electron chi connectivity index (χ4n) is 4.51. The van der Waals surface area contributed by atoms with Gasteiger partial charge in [-0.15, -0.1) is 0 Å². The van der Waals surface area contributed by atoms with Crippen LogP contribution in [0.3, 0.4) is 0 Å². The molecule has 2 rings (SSSR count). The van der Waals surface area contributed by atoms with Crippen molar-refractivity contribution in [3.8, 4) is 0 Å². The summed E-state index contributed by atoms with van der Waals surface area (Å²) in [6, 6.07) is -0.0939. The molecule has 172 valence electrons. The van der Waals surface area contributed by atoms with E-state index >= 15 is 0 Å². The molecule has 8 heteroatoms. The molecule has 0 bridgehead atoms. The number of carbonyl (C=O) groups excluding carboxylic acids is 3. The average molecular weight is 425 g/mol. The molecule has 1 unspecified atom stereocenters. The second kappa shape index (κ2) is 12.9. The first-order valence-electron chi connectivity index (χ1n) is 11.5. The van der Waals surface area contributed by atoms with Gasteiger partial charge in [0.15, 0.2) is 0 Å². The highest BCUT2D eigenvalue weighted by Gasteiger charge is 2.37. The summed E-state index contributed by atoms with van der Waals surface area (Å²) in [5, 5.41) is 3.15. The SMILES string of the molecule is CCOC(=O)CCC(=O)N1CCN(C(C(=O)NCCCN(C)C)C2CCCC2)CC1. The monoisotopic (exact) mass is 424 g/mol. The van der Waals surface area contributed by atoms with Crippen LogP contribution in [0.2, 0.25) is 0 Å². The summed E-state index contributed by atoms with van der Waals surface area (Å²) in [6.45, 7) is 6.39. The number of esters is 1. The Morgan fingerprint density at radius 2 is 1.73 bits per heavy atom. The minimum absolute atomic E-state index is 0.00624. The lowest BCUT2D eigenvalue weighted by molar-refractivity contribution is -0.146. The summed E-state index contributed by atoms with van der Waals surface area (Å²) < 4.78 is 4.90. The molecule has 1 saturated carbocycles. The van der Waals surface area contributed by atoms with Crippen LogP contribution in [0.1, 0.15) is 51.9 Å². The standard InChI is InChI=1S/C22H40N4O4/c1-4-30-20(28)11-10-19(27)25-14-16-26(17-15-25)21(18-8-5-6-9-18)22(29)23-12-7-13-24(2)3/h18,21H,4-17H2,1-3H3,(H,23,29). The molecule has 1 saturated heterocycles. The number of carbonyl (C=O) groups is 3.